The second-order valence-electron chi connectivity index (χ2n) is 8.23. The van der Waals surface area contributed by atoms with E-state index in [4.69, 9.17) is 0 Å². The van der Waals surface area contributed by atoms with Crippen LogP contribution >= 0.6 is 0 Å². The van der Waals surface area contributed by atoms with Gasteiger partial charge in [-0.25, -0.2) is 0 Å². The molecule has 0 bridgehead atoms. The number of carbonyl (C=O) groups is 4. The van der Waals surface area contributed by atoms with Crippen LogP contribution in [0.4, 0.5) is 11.4 Å². The summed E-state index contributed by atoms with van der Waals surface area (Å²) < 4.78 is 0. The second-order valence-corrected chi connectivity index (χ2v) is 8.23. The molecule has 0 unspecified atom stereocenters. The van der Waals surface area contributed by atoms with E-state index in [1.165, 1.54) is 0 Å². The molecule has 2 saturated carbocycles. The van der Waals surface area contributed by atoms with Gasteiger partial charge in [0, 0.05) is 11.4 Å². The average Bonchev–Trinajstić information content (AvgIpc) is 2.75. The number of carbonyl (C=O) groups excluding carboxylic acids is 2. The van der Waals surface area contributed by atoms with Crippen molar-refractivity contribution in [1.29, 1.82) is 0 Å². The van der Waals surface area contributed by atoms with Gasteiger partial charge < -0.3 is 20.8 Å². The van der Waals surface area contributed by atoms with E-state index < -0.39 is 35.6 Å². The average molecular weight is 416 g/mol. The van der Waals surface area contributed by atoms with E-state index in [1.54, 1.807) is 24.3 Å². The molecular weight excluding hydrogens is 388 g/mol. The molecular formula is C22H28N2O6. The maximum absolute atomic E-state index is 12.6. The summed E-state index contributed by atoms with van der Waals surface area (Å²) in [6.07, 6.45) is 5.45. The molecule has 2 aliphatic carbocycles. The van der Waals surface area contributed by atoms with Crippen molar-refractivity contribution >= 4 is 35.1 Å². The fourth-order valence-corrected chi connectivity index (χ4v) is 4.59. The molecule has 2 amide bonds. The van der Waals surface area contributed by atoms with Crippen LogP contribution in [0.15, 0.2) is 24.3 Å². The molecule has 4 N–H and O–H groups in total. The molecule has 1 aromatic carbocycles. The lowest BCUT2D eigenvalue weighted by molar-refractivity contribution is -0.148. The molecule has 3 rings (SSSR count). The van der Waals surface area contributed by atoms with Crippen molar-refractivity contribution in [3.8, 4) is 0 Å². The Bertz CT molecular complexity index is 739. The van der Waals surface area contributed by atoms with Gasteiger partial charge in [-0.3, -0.25) is 19.2 Å². The van der Waals surface area contributed by atoms with E-state index in [0.29, 0.717) is 37.1 Å². The number of nitrogens with one attached hydrogen (secondary N) is 2. The minimum atomic E-state index is -0.935. The zero-order valence-electron chi connectivity index (χ0n) is 16.8. The predicted octanol–water partition coefficient (Wildman–Crippen LogP) is 3.35. The summed E-state index contributed by atoms with van der Waals surface area (Å²) in [7, 11) is 0. The van der Waals surface area contributed by atoms with Crippen LogP contribution in [0.3, 0.4) is 0 Å². The number of anilines is 2. The predicted molar refractivity (Wildman–Crippen MR) is 110 cm³/mol. The van der Waals surface area contributed by atoms with Crippen LogP contribution < -0.4 is 10.6 Å². The highest BCUT2D eigenvalue weighted by Crippen LogP contribution is 2.32. The van der Waals surface area contributed by atoms with Crippen LogP contribution in [0.25, 0.3) is 0 Å². The van der Waals surface area contributed by atoms with E-state index in [1.807, 2.05) is 0 Å². The van der Waals surface area contributed by atoms with E-state index in [9.17, 15) is 29.4 Å². The fourth-order valence-electron chi connectivity index (χ4n) is 4.59. The number of aliphatic carboxylic acids is 2. The SMILES string of the molecule is O=C(O)[C@H]1CCCC[C@@H]1C(=O)Nc1ccc(NC(=O)[C@H]2CCCC[C@@H]2C(=O)O)cc1. The summed E-state index contributed by atoms with van der Waals surface area (Å²) >= 11 is 0. The Morgan fingerprint density at radius 1 is 0.600 bits per heavy atom. The molecule has 0 saturated heterocycles. The molecule has 8 nitrogen and oxygen atoms in total. The summed E-state index contributed by atoms with van der Waals surface area (Å²) in [5.74, 6) is -4.88. The van der Waals surface area contributed by atoms with E-state index >= 15 is 0 Å². The van der Waals surface area contributed by atoms with Gasteiger partial charge in [0.25, 0.3) is 0 Å². The maximum Gasteiger partial charge on any atom is 0.307 e. The van der Waals surface area contributed by atoms with E-state index in [-0.39, 0.29) is 11.8 Å². The Morgan fingerprint density at radius 2 is 0.900 bits per heavy atom. The van der Waals surface area contributed by atoms with Crippen molar-refractivity contribution in [3.63, 3.8) is 0 Å². The molecule has 4 atom stereocenters. The van der Waals surface area contributed by atoms with Gasteiger partial charge in [-0.15, -0.1) is 0 Å². The number of rotatable bonds is 6. The van der Waals surface area contributed by atoms with Crippen LogP contribution in [0, 0.1) is 23.7 Å². The van der Waals surface area contributed by atoms with Gasteiger partial charge in [0.2, 0.25) is 11.8 Å². The first-order chi connectivity index (χ1) is 14.4. The Morgan fingerprint density at radius 3 is 1.20 bits per heavy atom. The zero-order chi connectivity index (χ0) is 21.7. The van der Waals surface area contributed by atoms with Gasteiger partial charge in [0.05, 0.1) is 23.7 Å². The first kappa shape index (κ1) is 21.8. The lowest BCUT2D eigenvalue weighted by Crippen LogP contribution is -2.36. The maximum atomic E-state index is 12.6. The highest BCUT2D eigenvalue weighted by molar-refractivity contribution is 5.97. The fraction of sp³-hybridized carbons (Fsp3) is 0.545. The minimum absolute atomic E-state index is 0.301. The Kier molecular flexibility index (Phi) is 7.07. The highest BCUT2D eigenvalue weighted by atomic mass is 16.4. The topological polar surface area (TPSA) is 133 Å². The van der Waals surface area contributed by atoms with Gasteiger partial charge in [-0.2, -0.15) is 0 Å². The van der Waals surface area contributed by atoms with Crippen molar-refractivity contribution in [3.05, 3.63) is 24.3 Å². The van der Waals surface area contributed by atoms with Gasteiger partial charge in [-0.1, -0.05) is 25.7 Å². The van der Waals surface area contributed by atoms with Crippen LogP contribution in [0.1, 0.15) is 51.4 Å². The first-order valence-electron chi connectivity index (χ1n) is 10.5. The van der Waals surface area contributed by atoms with Crippen LogP contribution in [0.2, 0.25) is 0 Å². The number of carboxylic acid groups (broad SMARTS) is 2. The third-order valence-corrected chi connectivity index (χ3v) is 6.26. The normalized spacial score (nSPS) is 26.4. The second kappa shape index (κ2) is 9.73. The Hall–Kier alpha value is -2.90. The van der Waals surface area contributed by atoms with E-state index in [0.717, 1.165) is 25.7 Å². The number of benzene rings is 1. The summed E-state index contributed by atoms with van der Waals surface area (Å²) in [5, 5.41) is 24.2. The van der Waals surface area contributed by atoms with Gasteiger partial charge in [-0.05, 0) is 49.9 Å². The van der Waals surface area contributed by atoms with Crippen molar-refractivity contribution in [2.24, 2.45) is 23.7 Å². The monoisotopic (exact) mass is 416 g/mol. The summed E-state index contributed by atoms with van der Waals surface area (Å²) in [5.41, 5.74) is 1.04. The molecule has 162 valence electrons. The zero-order valence-corrected chi connectivity index (χ0v) is 16.8. The van der Waals surface area contributed by atoms with E-state index in [2.05, 4.69) is 10.6 Å². The molecule has 0 spiro atoms. The van der Waals surface area contributed by atoms with Crippen molar-refractivity contribution in [2.45, 2.75) is 51.4 Å². The molecule has 2 fully saturated rings. The summed E-state index contributed by atoms with van der Waals surface area (Å²) in [4.78, 5) is 47.9. The van der Waals surface area contributed by atoms with Gasteiger partial charge >= 0.3 is 11.9 Å². The molecule has 0 radical (unpaired) electrons. The van der Waals surface area contributed by atoms with Crippen molar-refractivity contribution < 1.29 is 29.4 Å². The number of amides is 2. The molecule has 0 aromatic heterocycles. The summed E-state index contributed by atoms with van der Waals surface area (Å²) in [6.45, 7) is 0. The number of hydrogen-bond acceptors (Lipinski definition) is 4. The quantitative estimate of drug-likeness (QED) is 0.562. The third kappa shape index (κ3) is 5.17. The lowest BCUT2D eigenvalue weighted by Gasteiger charge is -2.27. The molecule has 2 aliphatic rings. The molecule has 30 heavy (non-hydrogen) atoms. The number of carboxylic acids is 2. The van der Waals surface area contributed by atoms with Gasteiger partial charge in [0.15, 0.2) is 0 Å². The van der Waals surface area contributed by atoms with Crippen LogP contribution in [0.5, 0.6) is 0 Å². The molecule has 0 heterocycles. The van der Waals surface area contributed by atoms with Crippen LogP contribution in [-0.2, 0) is 19.2 Å². The highest BCUT2D eigenvalue weighted by Gasteiger charge is 2.36. The minimum Gasteiger partial charge on any atom is -0.481 e. The Balaban J connectivity index is 1.59. The lowest BCUT2D eigenvalue weighted by atomic mass is 9.78. The number of hydrogen-bond donors (Lipinski definition) is 4. The first-order valence-corrected chi connectivity index (χ1v) is 10.5. The van der Waals surface area contributed by atoms with Crippen molar-refractivity contribution in [2.75, 3.05) is 10.6 Å². The molecule has 8 heteroatoms. The largest absolute Gasteiger partial charge is 0.481 e. The Labute approximate surface area is 175 Å². The standard InChI is InChI=1S/C22H28N2O6/c25-19(15-5-1-3-7-17(15)21(27)28)23-13-9-11-14(12-10-13)24-20(26)16-6-2-4-8-18(16)22(29)30/h9-12,15-18H,1-8H2,(H,23,25)(H,24,26)(H,27,28)(H,29,30)/t15-,16-,17-,18-/m0/s1. The third-order valence-electron chi connectivity index (χ3n) is 6.26. The summed E-state index contributed by atoms with van der Waals surface area (Å²) in [6, 6.07) is 6.56. The molecule has 0 aliphatic heterocycles. The van der Waals surface area contributed by atoms with Gasteiger partial charge in [0.1, 0.15) is 0 Å². The van der Waals surface area contributed by atoms with Crippen molar-refractivity contribution in [1.82, 2.24) is 0 Å². The van der Waals surface area contributed by atoms with Crippen LogP contribution in [-0.4, -0.2) is 34.0 Å². The molecule has 1 aromatic rings. The smallest absolute Gasteiger partial charge is 0.307 e.